The Morgan fingerprint density at radius 2 is 1.92 bits per heavy atom. The van der Waals surface area contributed by atoms with E-state index in [1.54, 1.807) is 18.9 Å². The Morgan fingerprint density at radius 3 is 2.54 bits per heavy atom. The van der Waals surface area contributed by atoms with Crippen molar-refractivity contribution in [1.29, 1.82) is 0 Å². The van der Waals surface area contributed by atoms with E-state index >= 15 is 8.78 Å². The van der Waals surface area contributed by atoms with Crippen molar-refractivity contribution in [3.63, 3.8) is 0 Å². The van der Waals surface area contributed by atoms with Crippen LogP contribution in [-0.2, 0) is 14.4 Å². The van der Waals surface area contributed by atoms with Gasteiger partial charge in [-0.1, -0.05) is 40.7 Å². The van der Waals surface area contributed by atoms with Crippen LogP contribution >= 0.6 is 0 Å². The number of hydrogen-bond donors (Lipinski definition) is 1. The molecule has 0 amide bonds. The van der Waals surface area contributed by atoms with Crippen molar-refractivity contribution in [2.45, 2.75) is 90.8 Å². The number of ketones is 2. The summed E-state index contributed by atoms with van der Waals surface area (Å²) in [6, 6.07) is 0. The summed E-state index contributed by atoms with van der Waals surface area (Å²) in [7, 11) is 0. The predicted octanol–water partition coefficient (Wildman–Crippen LogP) is 4.88. The summed E-state index contributed by atoms with van der Waals surface area (Å²) in [5.74, 6) is -2.47. The highest BCUT2D eigenvalue weighted by atomic mass is 19.1. The summed E-state index contributed by atoms with van der Waals surface area (Å²) in [5, 5.41) is 13.3. The van der Waals surface area contributed by atoms with Crippen LogP contribution in [0.15, 0.2) is 23.8 Å². The third kappa shape index (κ3) is 3.21. The fraction of sp³-hybridized carbons (Fsp3) is 0.793. The molecule has 5 aliphatic rings. The molecular weight excluding hydrogens is 483 g/mol. The maximum Gasteiger partial charge on any atom is 0.198 e. The molecule has 37 heavy (non-hydrogen) atoms. The van der Waals surface area contributed by atoms with Crippen LogP contribution in [0.2, 0.25) is 0 Å². The molecule has 4 aliphatic carbocycles. The van der Waals surface area contributed by atoms with Gasteiger partial charge in [-0.3, -0.25) is 14.4 Å². The minimum absolute atomic E-state index is 0.0272. The van der Waals surface area contributed by atoms with Crippen LogP contribution in [0.1, 0.15) is 67.2 Å². The molecule has 1 N–H and O–H groups in total. The molecule has 0 spiro atoms. The standard InChI is InChI=1S/C29H40F3NO4/c1-24(2,3)9-10-33-16-17-13-26(5)21-12-20(31)19-11-18(34)7-8-25(19,4)28(21,32)22(35)14-27(26,6)29(17,37-33)23(36)15-30/h7-8,11,17,20-22,35H,9-10,12-16H2,1-6H3/t17-,20-,21-,22-,25-,26-,27-,28-,29-/m0/s1. The fourth-order valence-corrected chi connectivity index (χ4v) is 8.97. The molecule has 5 nitrogen and oxygen atoms in total. The summed E-state index contributed by atoms with van der Waals surface area (Å²) in [6.45, 7) is 11.3. The summed E-state index contributed by atoms with van der Waals surface area (Å²) >= 11 is 0. The number of allylic oxidation sites excluding steroid dienone is 4. The van der Waals surface area contributed by atoms with Crippen LogP contribution in [0.5, 0.6) is 0 Å². The van der Waals surface area contributed by atoms with Gasteiger partial charge < -0.3 is 5.11 Å². The van der Waals surface area contributed by atoms with E-state index < -0.39 is 69.9 Å². The monoisotopic (exact) mass is 523 g/mol. The summed E-state index contributed by atoms with van der Waals surface area (Å²) < 4.78 is 47.6. The third-order valence-corrected chi connectivity index (χ3v) is 11.1. The number of carbonyl (C=O) groups excluding carboxylic acids is 2. The number of hydrogen-bond acceptors (Lipinski definition) is 5. The van der Waals surface area contributed by atoms with Gasteiger partial charge in [0.05, 0.1) is 6.10 Å². The van der Waals surface area contributed by atoms with E-state index in [9.17, 15) is 19.1 Å². The molecule has 0 aromatic heterocycles. The number of halogens is 3. The molecule has 0 aromatic rings. The van der Waals surface area contributed by atoms with Crippen LogP contribution in [0.4, 0.5) is 13.2 Å². The Balaban J connectivity index is 1.60. The lowest BCUT2D eigenvalue weighted by Gasteiger charge is -2.67. The molecule has 5 rings (SSSR count). The number of rotatable bonds is 4. The second-order valence-corrected chi connectivity index (χ2v) is 14.0. The molecule has 0 radical (unpaired) electrons. The highest BCUT2D eigenvalue weighted by Gasteiger charge is 2.83. The van der Waals surface area contributed by atoms with Gasteiger partial charge in [0.25, 0.3) is 0 Å². The molecule has 1 aliphatic heterocycles. The number of hydroxylamine groups is 2. The van der Waals surface area contributed by atoms with Crippen molar-refractivity contribution in [3.8, 4) is 0 Å². The van der Waals surface area contributed by atoms with E-state index in [-0.39, 0.29) is 23.8 Å². The Morgan fingerprint density at radius 1 is 1.24 bits per heavy atom. The summed E-state index contributed by atoms with van der Waals surface area (Å²) in [5.41, 5.74) is -7.34. The lowest BCUT2D eigenvalue weighted by molar-refractivity contribution is -0.287. The number of alkyl halides is 3. The van der Waals surface area contributed by atoms with Crippen molar-refractivity contribution in [2.75, 3.05) is 19.8 Å². The minimum atomic E-state index is -2.27. The highest BCUT2D eigenvalue weighted by Crippen LogP contribution is 2.77. The molecule has 3 saturated carbocycles. The van der Waals surface area contributed by atoms with Crippen LogP contribution in [0.25, 0.3) is 0 Å². The van der Waals surface area contributed by atoms with E-state index in [0.29, 0.717) is 19.5 Å². The second kappa shape index (κ2) is 8.01. The molecule has 1 saturated heterocycles. The first-order chi connectivity index (χ1) is 17.0. The van der Waals surface area contributed by atoms with Gasteiger partial charge in [-0.05, 0) is 61.2 Å². The van der Waals surface area contributed by atoms with Crippen molar-refractivity contribution >= 4 is 11.6 Å². The number of Topliss-reactive ketones (excluding diaryl/α,β-unsaturated/α-hetero) is 1. The minimum Gasteiger partial charge on any atom is -0.390 e. The zero-order valence-electron chi connectivity index (χ0n) is 22.7. The van der Waals surface area contributed by atoms with Gasteiger partial charge in [-0.2, -0.15) is 5.06 Å². The number of aliphatic hydroxyl groups excluding tert-OH is 1. The number of nitrogens with zero attached hydrogens (tertiary/aromatic N) is 1. The zero-order chi connectivity index (χ0) is 27.4. The second-order valence-electron chi connectivity index (χ2n) is 14.0. The topological polar surface area (TPSA) is 66.8 Å². The molecule has 0 bridgehead atoms. The normalized spacial score (nSPS) is 49.2. The summed E-state index contributed by atoms with van der Waals surface area (Å²) in [4.78, 5) is 32.0. The maximum atomic E-state index is 17.6. The first kappa shape index (κ1) is 27.1. The zero-order valence-corrected chi connectivity index (χ0v) is 22.7. The molecule has 8 heteroatoms. The average molecular weight is 524 g/mol. The van der Waals surface area contributed by atoms with Gasteiger partial charge in [-0.15, -0.1) is 0 Å². The first-order valence-electron chi connectivity index (χ1n) is 13.5. The summed E-state index contributed by atoms with van der Waals surface area (Å²) in [6.07, 6.45) is 1.48. The molecule has 0 unspecified atom stereocenters. The van der Waals surface area contributed by atoms with Gasteiger partial charge in [0.1, 0.15) is 6.17 Å². The number of fused-ring (bicyclic) bond motifs is 7. The van der Waals surface area contributed by atoms with E-state index in [4.69, 9.17) is 4.84 Å². The Kier molecular flexibility index (Phi) is 5.86. The van der Waals surface area contributed by atoms with Crippen LogP contribution in [0, 0.1) is 33.5 Å². The van der Waals surface area contributed by atoms with Crippen molar-refractivity contribution in [1.82, 2.24) is 5.06 Å². The molecule has 9 atom stereocenters. The van der Waals surface area contributed by atoms with Gasteiger partial charge in [0.2, 0.25) is 0 Å². The van der Waals surface area contributed by atoms with Gasteiger partial charge in [0.15, 0.2) is 29.5 Å². The van der Waals surface area contributed by atoms with E-state index in [0.717, 1.165) is 6.42 Å². The molecule has 0 aromatic carbocycles. The van der Waals surface area contributed by atoms with Gasteiger partial charge in [-0.25, -0.2) is 13.2 Å². The maximum absolute atomic E-state index is 17.6. The Labute approximate surface area is 217 Å². The van der Waals surface area contributed by atoms with Crippen molar-refractivity contribution in [3.05, 3.63) is 23.8 Å². The lowest BCUT2D eigenvalue weighted by Crippen LogP contribution is -2.73. The van der Waals surface area contributed by atoms with Gasteiger partial charge >= 0.3 is 0 Å². The number of aliphatic hydroxyl groups is 1. The number of carbonyl (C=O) groups is 2. The average Bonchev–Trinajstić information content (AvgIpc) is 3.26. The SMILES string of the molecule is CC(C)(C)CCN1C[C@@H]2C[C@@]3(C)[C@@H]4C[C@H](F)C5=CC(=O)C=C[C@]5(C)[C@@]4(F)[C@@H](O)C[C@]3(C)[C@]2(C(=O)CF)O1. The van der Waals surface area contributed by atoms with E-state index in [1.807, 2.05) is 6.92 Å². The molecular formula is C29H40F3NO4. The highest BCUT2D eigenvalue weighted by molar-refractivity contribution is 6.01. The van der Waals surface area contributed by atoms with Crippen LogP contribution in [-0.4, -0.2) is 65.0 Å². The van der Waals surface area contributed by atoms with Gasteiger partial charge in [0, 0.05) is 35.8 Å². The Hall–Kier alpha value is -1.51. The Bertz CT molecular complexity index is 1090. The van der Waals surface area contributed by atoms with E-state index in [2.05, 4.69) is 20.8 Å². The first-order valence-corrected chi connectivity index (χ1v) is 13.5. The fourth-order valence-electron chi connectivity index (χ4n) is 8.97. The largest absolute Gasteiger partial charge is 0.390 e. The van der Waals surface area contributed by atoms with Crippen molar-refractivity contribution < 1.29 is 32.7 Å². The molecule has 4 fully saturated rings. The smallest absolute Gasteiger partial charge is 0.198 e. The van der Waals surface area contributed by atoms with Crippen molar-refractivity contribution in [2.24, 2.45) is 33.5 Å². The van der Waals surface area contributed by atoms with Crippen LogP contribution < -0.4 is 0 Å². The quantitative estimate of drug-likeness (QED) is 0.569. The molecule has 1 heterocycles. The predicted molar refractivity (Wildman–Crippen MR) is 133 cm³/mol. The van der Waals surface area contributed by atoms with E-state index in [1.165, 1.54) is 18.2 Å². The van der Waals surface area contributed by atoms with Crippen LogP contribution in [0.3, 0.4) is 0 Å². The molecule has 206 valence electrons. The lowest BCUT2D eigenvalue weighted by atomic mass is 9.39. The third-order valence-electron chi connectivity index (χ3n) is 11.1.